The van der Waals surface area contributed by atoms with Gasteiger partial charge in [-0.25, -0.2) is 4.79 Å². The number of aromatic nitrogens is 2. The lowest BCUT2D eigenvalue weighted by atomic mass is 10.1. The molecule has 1 fully saturated rings. The first-order valence-corrected chi connectivity index (χ1v) is 9.19. The molecule has 1 amide bonds. The fourth-order valence-electron chi connectivity index (χ4n) is 3.11. The molecule has 1 atom stereocenters. The average Bonchev–Trinajstić information content (AvgIpc) is 3.39. The largest absolute Gasteiger partial charge is 0.478 e. The zero-order valence-corrected chi connectivity index (χ0v) is 15.2. The van der Waals surface area contributed by atoms with E-state index in [-0.39, 0.29) is 17.5 Å². The van der Waals surface area contributed by atoms with Crippen molar-refractivity contribution in [2.75, 3.05) is 6.54 Å². The molecule has 6 heteroatoms. The van der Waals surface area contributed by atoms with Gasteiger partial charge in [-0.1, -0.05) is 19.1 Å². The maximum absolute atomic E-state index is 12.6. The molecule has 1 heterocycles. The van der Waals surface area contributed by atoms with Crippen LogP contribution in [-0.2, 0) is 6.42 Å². The van der Waals surface area contributed by atoms with Crippen molar-refractivity contribution in [2.45, 2.75) is 51.5 Å². The highest BCUT2D eigenvalue weighted by Crippen LogP contribution is 2.42. The molecule has 0 radical (unpaired) electrons. The Labute approximate surface area is 153 Å². The van der Waals surface area contributed by atoms with Crippen LogP contribution >= 0.6 is 0 Å². The van der Waals surface area contributed by atoms with Crippen LogP contribution in [0.3, 0.4) is 0 Å². The van der Waals surface area contributed by atoms with E-state index in [0.717, 1.165) is 30.5 Å². The van der Waals surface area contributed by atoms with Crippen LogP contribution in [0, 0.1) is 0 Å². The number of carboxylic acid groups (broad SMARTS) is 1. The quantitative estimate of drug-likeness (QED) is 0.760. The number of carbonyl (C=O) groups is 2. The lowest BCUT2D eigenvalue weighted by molar-refractivity contribution is 0.0696. The smallest absolute Gasteiger partial charge is 0.335 e. The Hall–Kier alpha value is -2.63. The van der Waals surface area contributed by atoms with Gasteiger partial charge in [0.2, 0.25) is 0 Å². The van der Waals surface area contributed by atoms with Gasteiger partial charge in [-0.05, 0) is 50.3 Å². The van der Waals surface area contributed by atoms with Crippen molar-refractivity contribution in [1.29, 1.82) is 0 Å². The molecule has 1 saturated carbocycles. The summed E-state index contributed by atoms with van der Waals surface area (Å²) in [6.07, 6.45) is 5.47. The van der Waals surface area contributed by atoms with Gasteiger partial charge in [-0.3, -0.25) is 9.48 Å². The van der Waals surface area contributed by atoms with Gasteiger partial charge >= 0.3 is 5.97 Å². The third kappa shape index (κ3) is 3.95. The van der Waals surface area contributed by atoms with Gasteiger partial charge in [0.15, 0.2) is 0 Å². The van der Waals surface area contributed by atoms with Crippen molar-refractivity contribution in [3.63, 3.8) is 0 Å². The molecule has 2 N–H and O–H groups in total. The summed E-state index contributed by atoms with van der Waals surface area (Å²) < 4.78 is 2.00. The zero-order valence-electron chi connectivity index (χ0n) is 15.2. The molecule has 1 aliphatic rings. The average molecular weight is 355 g/mol. The van der Waals surface area contributed by atoms with E-state index in [1.54, 1.807) is 24.4 Å². The number of rotatable bonds is 8. The van der Waals surface area contributed by atoms with Crippen molar-refractivity contribution < 1.29 is 14.7 Å². The molecule has 26 heavy (non-hydrogen) atoms. The fraction of sp³-hybridized carbons (Fsp3) is 0.450. The molecule has 0 unspecified atom stereocenters. The van der Waals surface area contributed by atoms with Crippen LogP contribution in [0.5, 0.6) is 0 Å². The van der Waals surface area contributed by atoms with Crippen LogP contribution in [0.4, 0.5) is 0 Å². The van der Waals surface area contributed by atoms with Crippen LogP contribution in [0.15, 0.2) is 30.5 Å². The SMILES string of the molecule is CC[C@@H](C)n1ncc(C(=O)NCCc2cccc(C(=O)O)c2)c1C1CC1. The molecule has 0 spiro atoms. The molecular formula is C20H25N3O3. The fourth-order valence-corrected chi connectivity index (χ4v) is 3.11. The van der Waals surface area contributed by atoms with E-state index >= 15 is 0 Å². The minimum atomic E-state index is -0.942. The van der Waals surface area contributed by atoms with Gasteiger partial charge in [0.25, 0.3) is 5.91 Å². The van der Waals surface area contributed by atoms with Crippen molar-refractivity contribution in [2.24, 2.45) is 0 Å². The number of carboxylic acids is 1. The highest BCUT2D eigenvalue weighted by atomic mass is 16.4. The van der Waals surface area contributed by atoms with Gasteiger partial charge in [0, 0.05) is 18.5 Å². The third-order valence-electron chi connectivity index (χ3n) is 4.92. The van der Waals surface area contributed by atoms with Gasteiger partial charge in [-0.2, -0.15) is 5.10 Å². The molecule has 0 saturated heterocycles. The summed E-state index contributed by atoms with van der Waals surface area (Å²) in [6.45, 7) is 4.70. The number of hydrogen-bond acceptors (Lipinski definition) is 3. The molecule has 1 aromatic heterocycles. The minimum Gasteiger partial charge on any atom is -0.478 e. The van der Waals surface area contributed by atoms with Crippen molar-refractivity contribution >= 4 is 11.9 Å². The minimum absolute atomic E-state index is 0.101. The Bertz CT molecular complexity index is 808. The molecule has 2 aromatic rings. The predicted octanol–water partition coefficient (Wildman–Crippen LogP) is 3.40. The Kier molecular flexibility index (Phi) is 5.40. The summed E-state index contributed by atoms with van der Waals surface area (Å²) in [5.74, 6) is -0.599. The van der Waals surface area contributed by atoms with Crippen molar-refractivity contribution in [3.05, 3.63) is 52.8 Å². The second-order valence-electron chi connectivity index (χ2n) is 6.93. The van der Waals surface area contributed by atoms with E-state index in [2.05, 4.69) is 24.3 Å². The maximum Gasteiger partial charge on any atom is 0.335 e. The Morgan fingerprint density at radius 1 is 1.38 bits per heavy atom. The van der Waals surface area contributed by atoms with Crippen LogP contribution in [-0.4, -0.2) is 33.3 Å². The normalized spacial score (nSPS) is 14.8. The first kappa shape index (κ1) is 18.2. The van der Waals surface area contributed by atoms with Gasteiger partial charge in [-0.15, -0.1) is 0 Å². The molecular weight excluding hydrogens is 330 g/mol. The highest BCUT2D eigenvalue weighted by molar-refractivity contribution is 5.95. The molecule has 6 nitrogen and oxygen atoms in total. The molecule has 138 valence electrons. The second-order valence-corrected chi connectivity index (χ2v) is 6.93. The van der Waals surface area contributed by atoms with E-state index in [1.807, 2.05) is 10.7 Å². The lowest BCUT2D eigenvalue weighted by Crippen LogP contribution is -2.26. The Balaban J connectivity index is 1.65. The van der Waals surface area contributed by atoms with Gasteiger partial charge < -0.3 is 10.4 Å². The van der Waals surface area contributed by atoms with Crippen LogP contribution in [0.2, 0.25) is 0 Å². The number of amides is 1. The third-order valence-corrected chi connectivity index (χ3v) is 4.92. The topological polar surface area (TPSA) is 84.2 Å². The summed E-state index contributed by atoms with van der Waals surface area (Å²) in [6, 6.07) is 7.09. The lowest BCUT2D eigenvalue weighted by Gasteiger charge is -2.14. The van der Waals surface area contributed by atoms with Crippen LogP contribution in [0.25, 0.3) is 0 Å². The Morgan fingerprint density at radius 3 is 2.81 bits per heavy atom. The number of carbonyl (C=O) groups excluding carboxylic acids is 1. The monoisotopic (exact) mass is 355 g/mol. The number of nitrogens with one attached hydrogen (secondary N) is 1. The van der Waals surface area contributed by atoms with E-state index in [9.17, 15) is 9.59 Å². The summed E-state index contributed by atoms with van der Waals surface area (Å²) >= 11 is 0. The summed E-state index contributed by atoms with van der Waals surface area (Å²) in [5, 5.41) is 16.5. The standard InChI is InChI=1S/C20H25N3O3/c1-3-13(2)23-18(15-7-8-15)17(12-22-23)19(24)21-10-9-14-5-4-6-16(11-14)20(25)26/h4-6,11-13,15H,3,7-10H2,1-2H3,(H,21,24)(H,25,26)/t13-/m1/s1. The second kappa shape index (κ2) is 7.72. The number of benzene rings is 1. The summed E-state index contributed by atoms with van der Waals surface area (Å²) in [5.41, 5.74) is 2.89. The first-order valence-electron chi connectivity index (χ1n) is 9.19. The molecule has 0 aliphatic heterocycles. The van der Waals surface area contributed by atoms with Gasteiger partial charge in [0.1, 0.15) is 0 Å². The number of hydrogen-bond donors (Lipinski definition) is 2. The molecule has 3 rings (SSSR count). The molecule has 0 bridgehead atoms. The molecule has 1 aliphatic carbocycles. The number of nitrogens with zero attached hydrogens (tertiary/aromatic N) is 2. The predicted molar refractivity (Wildman–Crippen MR) is 98.6 cm³/mol. The summed E-state index contributed by atoms with van der Waals surface area (Å²) in [7, 11) is 0. The van der Waals surface area contributed by atoms with E-state index < -0.39 is 5.97 Å². The van der Waals surface area contributed by atoms with E-state index in [4.69, 9.17) is 5.11 Å². The van der Waals surface area contributed by atoms with Crippen molar-refractivity contribution in [3.8, 4) is 0 Å². The van der Waals surface area contributed by atoms with Gasteiger partial charge in [0.05, 0.1) is 23.0 Å². The number of aromatic carboxylic acids is 1. The maximum atomic E-state index is 12.6. The van der Waals surface area contributed by atoms with E-state index in [1.165, 1.54) is 0 Å². The molecule has 1 aromatic carbocycles. The van der Waals surface area contributed by atoms with Crippen molar-refractivity contribution in [1.82, 2.24) is 15.1 Å². The van der Waals surface area contributed by atoms with Crippen LogP contribution < -0.4 is 5.32 Å². The van der Waals surface area contributed by atoms with Crippen LogP contribution in [0.1, 0.15) is 77.0 Å². The zero-order chi connectivity index (χ0) is 18.7. The highest BCUT2D eigenvalue weighted by Gasteiger charge is 2.33. The first-order chi connectivity index (χ1) is 12.5. The summed E-state index contributed by atoms with van der Waals surface area (Å²) in [4.78, 5) is 23.7. The Morgan fingerprint density at radius 2 is 2.15 bits per heavy atom. The van der Waals surface area contributed by atoms with E-state index in [0.29, 0.717) is 24.4 Å².